The lowest BCUT2D eigenvalue weighted by Crippen LogP contribution is -2.00. The fraction of sp³-hybridized carbons (Fsp3) is 0.182. The summed E-state index contributed by atoms with van der Waals surface area (Å²) in [6, 6.07) is 18.0. The average molecular weight is 359 g/mol. The predicted molar refractivity (Wildman–Crippen MR) is 106 cm³/mol. The Kier molecular flexibility index (Phi) is 5.41. The van der Waals surface area contributed by atoms with E-state index in [1.807, 2.05) is 54.6 Å². The summed E-state index contributed by atoms with van der Waals surface area (Å²) in [7, 11) is 0. The van der Waals surface area contributed by atoms with Crippen molar-refractivity contribution in [1.29, 1.82) is 0 Å². The average Bonchev–Trinajstić information content (AvgIpc) is 2.70. The van der Waals surface area contributed by atoms with Gasteiger partial charge in [0.1, 0.15) is 5.75 Å². The topological polar surface area (TPSA) is 56.3 Å². The van der Waals surface area contributed by atoms with Crippen LogP contribution in [0, 0.1) is 0 Å². The van der Waals surface area contributed by atoms with Crippen molar-refractivity contribution in [3.8, 4) is 17.0 Å². The summed E-state index contributed by atoms with van der Waals surface area (Å²) < 4.78 is 11.6. The van der Waals surface area contributed by atoms with Crippen LogP contribution < -0.4 is 10.1 Å². The van der Waals surface area contributed by atoms with Crippen LogP contribution in [0.1, 0.15) is 12.0 Å². The van der Waals surface area contributed by atoms with Crippen LogP contribution in [0.25, 0.3) is 11.3 Å². The van der Waals surface area contributed by atoms with E-state index in [2.05, 4.69) is 27.4 Å². The van der Waals surface area contributed by atoms with E-state index in [1.54, 1.807) is 6.20 Å². The van der Waals surface area contributed by atoms with Crippen molar-refractivity contribution in [2.75, 3.05) is 18.5 Å². The lowest BCUT2D eigenvalue weighted by atomic mass is 10.1. The number of nitrogens with zero attached hydrogens (tertiary/aromatic N) is 2. The van der Waals surface area contributed by atoms with Crippen LogP contribution in [-0.2, 0) is 11.3 Å². The second kappa shape index (κ2) is 8.47. The minimum atomic E-state index is 0.556. The van der Waals surface area contributed by atoms with Crippen molar-refractivity contribution in [2.24, 2.45) is 0 Å². The minimum absolute atomic E-state index is 0.556. The smallest absolute Gasteiger partial charge is 0.227 e. The molecule has 2 heterocycles. The fourth-order valence-corrected chi connectivity index (χ4v) is 2.87. The molecule has 1 aliphatic rings. The second-order valence-electron chi connectivity index (χ2n) is 6.24. The van der Waals surface area contributed by atoms with Gasteiger partial charge in [0, 0.05) is 17.4 Å². The van der Waals surface area contributed by atoms with Crippen molar-refractivity contribution >= 4 is 11.6 Å². The lowest BCUT2D eigenvalue weighted by Gasteiger charge is -2.10. The number of benzene rings is 2. The van der Waals surface area contributed by atoms with E-state index in [1.165, 1.54) is 0 Å². The highest BCUT2D eigenvalue weighted by molar-refractivity contribution is 5.63. The second-order valence-corrected chi connectivity index (χ2v) is 6.24. The first kappa shape index (κ1) is 17.2. The normalized spacial score (nSPS) is 15.6. The Balaban J connectivity index is 1.66. The zero-order valence-electron chi connectivity index (χ0n) is 15.0. The Morgan fingerprint density at radius 3 is 2.93 bits per heavy atom. The number of anilines is 2. The van der Waals surface area contributed by atoms with E-state index in [4.69, 9.17) is 9.47 Å². The van der Waals surface area contributed by atoms with Crippen LogP contribution in [-0.4, -0.2) is 23.2 Å². The van der Waals surface area contributed by atoms with Crippen molar-refractivity contribution < 1.29 is 9.47 Å². The SMILES string of the molecule is C1=C/COCc2cccc(c2)Nc2nccc(n2)-c2cccc(c2)OCC/1. The van der Waals surface area contributed by atoms with Crippen LogP contribution in [0.2, 0.25) is 0 Å². The maximum atomic E-state index is 5.85. The van der Waals surface area contributed by atoms with Crippen LogP contribution in [0.4, 0.5) is 11.6 Å². The quantitative estimate of drug-likeness (QED) is 0.588. The molecule has 6 bridgehead atoms. The van der Waals surface area contributed by atoms with Gasteiger partial charge < -0.3 is 14.8 Å². The van der Waals surface area contributed by atoms with Crippen LogP contribution in [0.15, 0.2) is 72.9 Å². The number of hydrogen-bond acceptors (Lipinski definition) is 5. The van der Waals surface area contributed by atoms with Crippen molar-refractivity contribution in [3.63, 3.8) is 0 Å². The summed E-state index contributed by atoms with van der Waals surface area (Å²) in [4.78, 5) is 8.98. The molecule has 27 heavy (non-hydrogen) atoms. The third-order valence-electron chi connectivity index (χ3n) is 4.17. The van der Waals surface area contributed by atoms with Gasteiger partial charge in [-0.3, -0.25) is 0 Å². The van der Waals surface area contributed by atoms with Crippen molar-refractivity contribution in [3.05, 3.63) is 78.5 Å². The number of fused-ring (bicyclic) bond motifs is 7. The van der Waals surface area contributed by atoms with Gasteiger partial charge in [-0.2, -0.15) is 0 Å². The molecule has 0 spiro atoms. The Bertz CT molecular complexity index is 940. The van der Waals surface area contributed by atoms with Gasteiger partial charge in [0.25, 0.3) is 0 Å². The summed E-state index contributed by atoms with van der Waals surface area (Å²) in [5.74, 6) is 1.39. The highest BCUT2D eigenvalue weighted by Gasteiger charge is 2.05. The summed E-state index contributed by atoms with van der Waals surface area (Å²) in [6.45, 7) is 1.76. The molecule has 1 N–H and O–H groups in total. The van der Waals surface area contributed by atoms with E-state index in [0.717, 1.165) is 34.7 Å². The van der Waals surface area contributed by atoms with Crippen LogP contribution >= 0.6 is 0 Å². The summed E-state index contributed by atoms with van der Waals surface area (Å²) in [6.07, 6.45) is 6.71. The zero-order chi connectivity index (χ0) is 18.3. The van der Waals surface area contributed by atoms with E-state index < -0.39 is 0 Å². The fourth-order valence-electron chi connectivity index (χ4n) is 2.87. The maximum absolute atomic E-state index is 5.85. The van der Waals surface area contributed by atoms with E-state index in [0.29, 0.717) is 25.8 Å². The summed E-state index contributed by atoms with van der Waals surface area (Å²) in [5, 5.41) is 3.27. The van der Waals surface area contributed by atoms with Gasteiger partial charge in [0.15, 0.2) is 0 Å². The Morgan fingerprint density at radius 2 is 1.93 bits per heavy atom. The van der Waals surface area contributed by atoms with Gasteiger partial charge in [-0.1, -0.05) is 36.4 Å². The molecule has 0 amide bonds. The molecule has 0 radical (unpaired) electrons. The van der Waals surface area contributed by atoms with Gasteiger partial charge in [0.05, 0.1) is 25.5 Å². The summed E-state index contributed by atoms with van der Waals surface area (Å²) in [5.41, 5.74) is 3.87. The number of aromatic nitrogens is 2. The molecule has 1 aromatic heterocycles. The Hall–Kier alpha value is -3.18. The molecular weight excluding hydrogens is 338 g/mol. The van der Waals surface area contributed by atoms with E-state index in [-0.39, 0.29) is 0 Å². The van der Waals surface area contributed by atoms with Gasteiger partial charge in [-0.05, 0) is 42.3 Å². The van der Waals surface area contributed by atoms with Gasteiger partial charge in [-0.15, -0.1) is 0 Å². The molecule has 0 atom stereocenters. The van der Waals surface area contributed by atoms with Gasteiger partial charge in [-0.25, -0.2) is 9.97 Å². The van der Waals surface area contributed by atoms with E-state index >= 15 is 0 Å². The molecule has 0 saturated carbocycles. The standard InChI is InChI=1S/C22H21N3O2/c1-2-12-26-16-17-6-4-8-19(14-17)24-22-23-11-10-21(25-22)18-7-5-9-20(15-18)27-13-3-1/h1-2,4-11,14-15H,3,12-13,16H2,(H,23,24,25)/b2-1+. The zero-order valence-corrected chi connectivity index (χ0v) is 15.0. The number of hydrogen-bond donors (Lipinski definition) is 1. The van der Waals surface area contributed by atoms with E-state index in [9.17, 15) is 0 Å². The van der Waals surface area contributed by atoms with Gasteiger partial charge in [0.2, 0.25) is 5.95 Å². The molecule has 5 heteroatoms. The summed E-state index contributed by atoms with van der Waals surface area (Å²) >= 11 is 0. The third kappa shape index (κ3) is 4.71. The monoisotopic (exact) mass is 359 g/mol. The molecule has 0 saturated heterocycles. The molecule has 2 aromatic carbocycles. The number of rotatable bonds is 0. The molecule has 0 fully saturated rings. The highest BCUT2D eigenvalue weighted by atomic mass is 16.5. The first-order valence-corrected chi connectivity index (χ1v) is 9.02. The molecule has 0 unspecified atom stereocenters. The molecule has 5 nitrogen and oxygen atoms in total. The van der Waals surface area contributed by atoms with Crippen molar-refractivity contribution in [2.45, 2.75) is 13.0 Å². The lowest BCUT2D eigenvalue weighted by molar-refractivity contribution is 0.148. The minimum Gasteiger partial charge on any atom is -0.493 e. The molecule has 0 aliphatic carbocycles. The highest BCUT2D eigenvalue weighted by Crippen LogP contribution is 2.24. The third-order valence-corrected chi connectivity index (χ3v) is 4.17. The first-order chi connectivity index (χ1) is 13.4. The van der Waals surface area contributed by atoms with Crippen molar-refractivity contribution in [1.82, 2.24) is 9.97 Å². The molecule has 3 aromatic rings. The molecular formula is C22H21N3O2. The first-order valence-electron chi connectivity index (χ1n) is 9.02. The van der Waals surface area contributed by atoms with Crippen LogP contribution in [0.3, 0.4) is 0 Å². The van der Waals surface area contributed by atoms with Gasteiger partial charge >= 0.3 is 0 Å². The number of ether oxygens (including phenoxy) is 2. The Labute approximate surface area is 158 Å². The molecule has 4 rings (SSSR count). The predicted octanol–water partition coefficient (Wildman–Crippen LogP) is 4.74. The number of nitrogens with one attached hydrogen (secondary N) is 1. The largest absolute Gasteiger partial charge is 0.493 e. The maximum Gasteiger partial charge on any atom is 0.227 e. The Morgan fingerprint density at radius 1 is 0.963 bits per heavy atom. The molecule has 136 valence electrons. The molecule has 1 aliphatic heterocycles. The van der Waals surface area contributed by atoms with Crippen LogP contribution in [0.5, 0.6) is 5.75 Å².